The normalized spacial score (nSPS) is 9.59. The molecule has 0 radical (unpaired) electrons. The van der Waals surface area contributed by atoms with Crippen molar-refractivity contribution in [3.63, 3.8) is 0 Å². The molecule has 0 aromatic heterocycles. The standard InChI is InChI=1S/C12H17N3OS/c1-4-11(16)14-12(17)13-9-5-7-10(8-6-9)15(2)3/h5-8H,4H2,1-3H3,(H2,13,14,16,17). The molecular formula is C12H17N3OS. The fraction of sp³-hybridized carbons (Fsp3) is 0.333. The fourth-order valence-corrected chi connectivity index (χ4v) is 1.45. The van der Waals surface area contributed by atoms with Crippen molar-refractivity contribution in [2.75, 3.05) is 24.3 Å². The molecule has 4 nitrogen and oxygen atoms in total. The van der Waals surface area contributed by atoms with E-state index in [1.54, 1.807) is 6.92 Å². The van der Waals surface area contributed by atoms with Crippen LogP contribution in [0.15, 0.2) is 24.3 Å². The molecule has 0 saturated heterocycles. The molecule has 5 heteroatoms. The molecule has 0 atom stereocenters. The van der Waals surface area contributed by atoms with E-state index in [1.165, 1.54) is 0 Å². The highest BCUT2D eigenvalue weighted by atomic mass is 32.1. The van der Waals surface area contributed by atoms with Crippen molar-refractivity contribution in [3.05, 3.63) is 24.3 Å². The minimum Gasteiger partial charge on any atom is -0.378 e. The predicted molar refractivity (Wildman–Crippen MR) is 75.4 cm³/mol. The number of rotatable bonds is 3. The quantitative estimate of drug-likeness (QED) is 0.806. The molecule has 0 unspecified atom stereocenters. The van der Waals surface area contributed by atoms with Crippen LogP contribution in [0.25, 0.3) is 0 Å². The molecule has 1 rings (SSSR count). The molecule has 0 aliphatic rings. The van der Waals surface area contributed by atoms with Crippen LogP contribution in [0.1, 0.15) is 13.3 Å². The minimum absolute atomic E-state index is 0.0904. The summed E-state index contributed by atoms with van der Waals surface area (Å²) >= 11 is 5.01. The molecule has 1 aromatic carbocycles. The van der Waals surface area contributed by atoms with E-state index in [0.717, 1.165) is 11.4 Å². The summed E-state index contributed by atoms with van der Waals surface area (Å²) in [5.74, 6) is -0.0904. The second-order valence-corrected chi connectivity index (χ2v) is 4.21. The van der Waals surface area contributed by atoms with E-state index >= 15 is 0 Å². The number of thiocarbonyl (C=S) groups is 1. The lowest BCUT2D eigenvalue weighted by Gasteiger charge is -2.13. The number of hydrogen-bond acceptors (Lipinski definition) is 3. The first-order chi connectivity index (χ1) is 8.02. The van der Waals surface area contributed by atoms with Gasteiger partial charge in [-0.1, -0.05) is 6.92 Å². The maximum absolute atomic E-state index is 11.1. The van der Waals surface area contributed by atoms with Gasteiger partial charge in [0.2, 0.25) is 5.91 Å². The highest BCUT2D eigenvalue weighted by molar-refractivity contribution is 7.80. The Hall–Kier alpha value is -1.62. The lowest BCUT2D eigenvalue weighted by molar-refractivity contribution is -0.119. The molecule has 2 N–H and O–H groups in total. The molecule has 0 aliphatic heterocycles. The molecule has 17 heavy (non-hydrogen) atoms. The lowest BCUT2D eigenvalue weighted by Crippen LogP contribution is -2.33. The summed E-state index contributed by atoms with van der Waals surface area (Å²) < 4.78 is 0. The monoisotopic (exact) mass is 251 g/mol. The van der Waals surface area contributed by atoms with Gasteiger partial charge in [-0.15, -0.1) is 0 Å². The third kappa shape index (κ3) is 4.40. The number of carbonyl (C=O) groups is 1. The average molecular weight is 251 g/mol. The first-order valence-corrected chi connectivity index (χ1v) is 5.82. The fourth-order valence-electron chi connectivity index (χ4n) is 1.22. The summed E-state index contributed by atoms with van der Waals surface area (Å²) in [7, 11) is 3.96. The van der Waals surface area contributed by atoms with Crippen molar-refractivity contribution in [1.29, 1.82) is 0 Å². The molecule has 0 aliphatic carbocycles. The molecule has 0 saturated carbocycles. The number of nitrogens with zero attached hydrogens (tertiary/aromatic N) is 1. The van der Waals surface area contributed by atoms with Gasteiger partial charge in [0, 0.05) is 31.9 Å². The Labute approximate surface area is 107 Å². The van der Waals surface area contributed by atoms with Crippen LogP contribution in [0.2, 0.25) is 0 Å². The Kier molecular flexibility index (Phi) is 4.90. The maximum Gasteiger partial charge on any atom is 0.225 e. The smallest absolute Gasteiger partial charge is 0.225 e. The Morgan fingerprint density at radius 2 is 1.88 bits per heavy atom. The van der Waals surface area contributed by atoms with E-state index < -0.39 is 0 Å². The summed E-state index contributed by atoms with van der Waals surface area (Å²) in [5, 5.41) is 5.87. The van der Waals surface area contributed by atoms with Gasteiger partial charge in [0.1, 0.15) is 0 Å². The van der Waals surface area contributed by atoms with Gasteiger partial charge in [0.05, 0.1) is 0 Å². The summed E-state index contributed by atoms with van der Waals surface area (Å²) in [5.41, 5.74) is 1.97. The van der Waals surface area contributed by atoms with Gasteiger partial charge in [-0.2, -0.15) is 0 Å². The number of hydrogen-bond donors (Lipinski definition) is 2. The molecule has 1 amide bonds. The topological polar surface area (TPSA) is 44.4 Å². The van der Waals surface area contributed by atoms with Gasteiger partial charge >= 0.3 is 0 Å². The Morgan fingerprint density at radius 3 is 2.35 bits per heavy atom. The van der Waals surface area contributed by atoms with Crippen LogP contribution in [0.5, 0.6) is 0 Å². The molecule has 0 fully saturated rings. The Morgan fingerprint density at radius 1 is 1.29 bits per heavy atom. The van der Waals surface area contributed by atoms with E-state index in [4.69, 9.17) is 12.2 Å². The van der Waals surface area contributed by atoms with Crippen LogP contribution in [-0.4, -0.2) is 25.1 Å². The first kappa shape index (κ1) is 13.4. The van der Waals surface area contributed by atoms with E-state index in [0.29, 0.717) is 11.5 Å². The molecule has 0 spiro atoms. The predicted octanol–water partition coefficient (Wildman–Crippen LogP) is 1.98. The van der Waals surface area contributed by atoms with Gasteiger partial charge in [0.15, 0.2) is 5.11 Å². The third-order valence-corrected chi connectivity index (χ3v) is 2.42. The van der Waals surface area contributed by atoms with Gasteiger partial charge in [-0.25, -0.2) is 0 Å². The van der Waals surface area contributed by atoms with Crippen LogP contribution in [0, 0.1) is 0 Å². The molecule has 0 heterocycles. The van der Waals surface area contributed by atoms with Crippen molar-refractivity contribution in [2.45, 2.75) is 13.3 Å². The Balaban J connectivity index is 2.57. The number of benzene rings is 1. The van der Waals surface area contributed by atoms with E-state index in [9.17, 15) is 4.79 Å². The maximum atomic E-state index is 11.1. The second-order valence-electron chi connectivity index (χ2n) is 3.80. The van der Waals surface area contributed by atoms with Crippen molar-refractivity contribution in [3.8, 4) is 0 Å². The van der Waals surface area contributed by atoms with E-state index in [2.05, 4.69) is 10.6 Å². The largest absolute Gasteiger partial charge is 0.378 e. The van der Waals surface area contributed by atoms with Gasteiger partial charge in [-0.3, -0.25) is 4.79 Å². The van der Waals surface area contributed by atoms with Crippen LogP contribution in [0.3, 0.4) is 0 Å². The van der Waals surface area contributed by atoms with Crippen molar-refractivity contribution >= 4 is 34.6 Å². The summed E-state index contributed by atoms with van der Waals surface area (Å²) in [6, 6.07) is 7.79. The summed E-state index contributed by atoms with van der Waals surface area (Å²) in [4.78, 5) is 13.1. The van der Waals surface area contributed by atoms with E-state index in [-0.39, 0.29) is 5.91 Å². The summed E-state index contributed by atoms with van der Waals surface area (Å²) in [6.45, 7) is 1.78. The van der Waals surface area contributed by atoms with Crippen molar-refractivity contribution < 1.29 is 4.79 Å². The first-order valence-electron chi connectivity index (χ1n) is 5.41. The summed E-state index contributed by atoms with van der Waals surface area (Å²) in [6.07, 6.45) is 0.418. The minimum atomic E-state index is -0.0904. The SMILES string of the molecule is CCC(=O)NC(=S)Nc1ccc(N(C)C)cc1. The number of anilines is 2. The van der Waals surface area contributed by atoms with Gasteiger partial charge in [0.25, 0.3) is 0 Å². The lowest BCUT2D eigenvalue weighted by atomic mass is 10.2. The van der Waals surface area contributed by atoms with Crippen LogP contribution < -0.4 is 15.5 Å². The molecular weight excluding hydrogens is 234 g/mol. The zero-order valence-corrected chi connectivity index (χ0v) is 11.1. The highest BCUT2D eigenvalue weighted by Gasteiger charge is 2.02. The third-order valence-electron chi connectivity index (χ3n) is 2.22. The molecule has 1 aromatic rings. The van der Waals surface area contributed by atoms with E-state index in [1.807, 2.05) is 43.3 Å². The second kappa shape index (κ2) is 6.20. The number of nitrogens with one attached hydrogen (secondary N) is 2. The van der Waals surface area contributed by atoms with Crippen LogP contribution >= 0.6 is 12.2 Å². The Bertz CT molecular complexity index is 401. The van der Waals surface area contributed by atoms with Gasteiger partial charge < -0.3 is 15.5 Å². The zero-order chi connectivity index (χ0) is 12.8. The zero-order valence-electron chi connectivity index (χ0n) is 10.3. The molecule has 92 valence electrons. The van der Waals surface area contributed by atoms with Crippen LogP contribution in [0.4, 0.5) is 11.4 Å². The number of carbonyl (C=O) groups excluding carboxylic acids is 1. The average Bonchev–Trinajstić information content (AvgIpc) is 2.29. The number of amides is 1. The van der Waals surface area contributed by atoms with Crippen molar-refractivity contribution in [2.24, 2.45) is 0 Å². The molecule has 0 bridgehead atoms. The van der Waals surface area contributed by atoms with Crippen LogP contribution in [-0.2, 0) is 4.79 Å². The van der Waals surface area contributed by atoms with Gasteiger partial charge in [-0.05, 0) is 36.5 Å². The highest BCUT2D eigenvalue weighted by Crippen LogP contribution is 2.15. The van der Waals surface area contributed by atoms with Crippen molar-refractivity contribution in [1.82, 2.24) is 5.32 Å².